The van der Waals surface area contributed by atoms with Gasteiger partial charge in [-0.15, -0.1) is 0 Å². The van der Waals surface area contributed by atoms with E-state index in [0.717, 1.165) is 6.20 Å². The highest BCUT2D eigenvalue weighted by Gasteiger charge is 2.46. The molecule has 176 valence electrons. The fourth-order valence-corrected chi connectivity index (χ4v) is 4.44. The molecule has 3 heterocycles. The molecule has 1 aromatic carbocycles. The summed E-state index contributed by atoms with van der Waals surface area (Å²) in [6.45, 7) is 2.79. The van der Waals surface area contributed by atoms with E-state index >= 15 is 0 Å². The fraction of sp³-hybridized carbons (Fsp3) is 0.409. The Kier molecular flexibility index (Phi) is 5.47. The number of pyridine rings is 1. The van der Waals surface area contributed by atoms with Crippen LogP contribution in [0.1, 0.15) is 59.1 Å². The van der Waals surface area contributed by atoms with Gasteiger partial charge >= 0.3 is 0 Å². The number of hydrogen-bond acceptors (Lipinski definition) is 5. The molecule has 0 radical (unpaired) electrons. The minimum atomic E-state index is -1.31. The molecule has 3 atom stereocenters. The maximum absolute atomic E-state index is 13.9. The van der Waals surface area contributed by atoms with Crippen LogP contribution in [0.4, 0.5) is 13.2 Å². The first-order valence-electron chi connectivity index (χ1n) is 10.4. The molecular formula is C22H22F3N3O5. The number of rotatable bonds is 3. The number of nitrogens with zero attached hydrogens (tertiary/aromatic N) is 2. The SMILES string of the molecule is C[C@H]1CC[C@@](C)(O)[C@H]2CN1C(=O)c1c(O)c(=O)c(C(=O)NCc3c(F)cc(F)cc3F)cn12. The number of aromatic hydroxyl groups is 1. The monoisotopic (exact) mass is 465 g/mol. The number of aromatic nitrogens is 1. The van der Waals surface area contributed by atoms with Gasteiger partial charge in [-0.1, -0.05) is 0 Å². The van der Waals surface area contributed by atoms with E-state index in [4.69, 9.17) is 0 Å². The lowest BCUT2D eigenvalue weighted by atomic mass is 9.90. The number of nitrogens with one attached hydrogen (secondary N) is 1. The Labute approximate surface area is 186 Å². The minimum absolute atomic E-state index is 0.107. The Morgan fingerprint density at radius 2 is 1.88 bits per heavy atom. The van der Waals surface area contributed by atoms with Crippen LogP contribution in [0, 0.1) is 17.5 Å². The Balaban J connectivity index is 1.73. The molecule has 0 aliphatic carbocycles. The van der Waals surface area contributed by atoms with Crippen molar-refractivity contribution in [1.29, 1.82) is 0 Å². The average Bonchev–Trinajstić information content (AvgIpc) is 2.83. The van der Waals surface area contributed by atoms with Gasteiger partial charge in [0.2, 0.25) is 5.43 Å². The molecule has 0 spiro atoms. The lowest BCUT2D eigenvalue weighted by Gasteiger charge is -2.41. The van der Waals surface area contributed by atoms with Crippen LogP contribution in [-0.2, 0) is 6.54 Å². The van der Waals surface area contributed by atoms with E-state index in [1.54, 1.807) is 13.8 Å². The predicted octanol–water partition coefficient (Wildman–Crippen LogP) is 1.83. The van der Waals surface area contributed by atoms with Crippen molar-refractivity contribution < 1.29 is 33.0 Å². The van der Waals surface area contributed by atoms with Crippen molar-refractivity contribution in [1.82, 2.24) is 14.8 Å². The molecule has 33 heavy (non-hydrogen) atoms. The molecule has 11 heteroatoms. The zero-order chi connectivity index (χ0) is 24.2. The smallest absolute Gasteiger partial charge is 0.274 e. The zero-order valence-corrected chi connectivity index (χ0v) is 17.9. The number of aliphatic hydroxyl groups is 1. The van der Waals surface area contributed by atoms with Gasteiger partial charge in [0.15, 0.2) is 11.4 Å². The van der Waals surface area contributed by atoms with Gasteiger partial charge in [-0.25, -0.2) is 13.2 Å². The molecule has 1 saturated heterocycles. The molecule has 2 bridgehead atoms. The van der Waals surface area contributed by atoms with E-state index in [9.17, 15) is 37.8 Å². The van der Waals surface area contributed by atoms with E-state index in [-0.39, 0.29) is 18.3 Å². The third-order valence-electron chi connectivity index (χ3n) is 6.47. The van der Waals surface area contributed by atoms with Gasteiger partial charge in [0.05, 0.1) is 11.6 Å². The van der Waals surface area contributed by atoms with Crippen molar-refractivity contribution in [3.8, 4) is 5.75 Å². The number of carbonyl (C=O) groups is 2. The number of benzene rings is 1. The minimum Gasteiger partial charge on any atom is -0.503 e. The van der Waals surface area contributed by atoms with Crippen LogP contribution in [0.5, 0.6) is 5.75 Å². The van der Waals surface area contributed by atoms with Crippen LogP contribution < -0.4 is 10.7 Å². The highest BCUT2D eigenvalue weighted by molar-refractivity contribution is 5.99. The number of carbonyl (C=O) groups excluding carboxylic acids is 2. The lowest BCUT2D eigenvalue weighted by molar-refractivity contribution is -0.00840. The maximum Gasteiger partial charge on any atom is 0.274 e. The van der Waals surface area contributed by atoms with Gasteiger partial charge in [-0.2, -0.15) is 0 Å². The summed E-state index contributed by atoms with van der Waals surface area (Å²) in [6.07, 6.45) is 1.89. The summed E-state index contributed by atoms with van der Waals surface area (Å²) >= 11 is 0. The quantitative estimate of drug-likeness (QED) is 0.641. The van der Waals surface area contributed by atoms with Crippen molar-refractivity contribution in [2.75, 3.05) is 6.54 Å². The molecule has 8 nitrogen and oxygen atoms in total. The average molecular weight is 465 g/mol. The molecule has 3 N–H and O–H groups in total. The van der Waals surface area contributed by atoms with Crippen LogP contribution in [0.3, 0.4) is 0 Å². The predicted molar refractivity (Wildman–Crippen MR) is 109 cm³/mol. The molecule has 2 aliphatic heterocycles. The van der Waals surface area contributed by atoms with E-state index < -0.39 is 69.8 Å². The van der Waals surface area contributed by atoms with Crippen LogP contribution in [0.15, 0.2) is 23.1 Å². The summed E-state index contributed by atoms with van der Waals surface area (Å²) in [7, 11) is 0. The van der Waals surface area contributed by atoms with Gasteiger partial charge in [-0.3, -0.25) is 14.4 Å². The van der Waals surface area contributed by atoms with Gasteiger partial charge in [0.1, 0.15) is 23.0 Å². The van der Waals surface area contributed by atoms with Crippen molar-refractivity contribution in [2.45, 2.75) is 50.9 Å². The molecule has 2 aliphatic rings. The van der Waals surface area contributed by atoms with Gasteiger partial charge < -0.3 is 25.0 Å². The molecule has 2 aromatic rings. The van der Waals surface area contributed by atoms with E-state index in [1.807, 2.05) is 0 Å². The standard InChI is InChI=1S/C22H22F3N3O5/c1-10-3-4-22(2,33)16-9-27(10)21(32)17-19(30)18(29)13(8-28(16)17)20(31)26-7-12-14(24)5-11(23)6-15(12)25/h5-6,8,10,16,30,33H,3-4,7,9H2,1-2H3,(H,26,31)/t10-,16+,22+/m0/s1. The zero-order valence-electron chi connectivity index (χ0n) is 17.9. The fourth-order valence-electron chi connectivity index (χ4n) is 4.44. The molecule has 4 rings (SSSR count). The molecule has 1 aromatic heterocycles. The summed E-state index contributed by atoms with van der Waals surface area (Å²) in [5.41, 5.74) is -3.97. The van der Waals surface area contributed by atoms with Crippen LogP contribution >= 0.6 is 0 Å². The first-order valence-corrected chi connectivity index (χ1v) is 10.4. The summed E-state index contributed by atoms with van der Waals surface area (Å²) in [4.78, 5) is 39.9. The first kappa shape index (κ1) is 22.8. The Bertz CT molecular complexity index is 1200. The highest BCUT2D eigenvalue weighted by Crippen LogP contribution is 2.39. The van der Waals surface area contributed by atoms with Gasteiger partial charge in [0.25, 0.3) is 11.8 Å². The van der Waals surface area contributed by atoms with E-state index in [2.05, 4.69) is 5.32 Å². The first-order chi connectivity index (χ1) is 15.4. The summed E-state index contributed by atoms with van der Waals surface area (Å²) in [5.74, 6) is -6.18. The van der Waals surface area contributed by atoms with Crippen LogP contribution in [0.2, 0.25) is 0 Å². The molecule has 0 saturated carbocycles. The number of halogens is 3. The Morgan fingerprint density at radius 1 is 1.24 bits per heavy atom. The van der Waals surface area contributed by atoms with E-state index in [0.29, 0.717) is 25.0 Å². The molecular weight excluding hydrogens is 443 g/mol. The summed E-state index contributed by atoms with van der Waals surface area (Å²) in [6, 6.07) is -0.0752. The topological polar surface area (TPSA) is 112 Å². The number of amides is 2. The van der Waals surface area contributed by atoms with E-state index in [1.165, 1.54) is 9.47 Å². The highest BCUT2D eigenvalue weighted by atomic mass is 19.1. The number of hydrogen-bond donors (Lipinski definition) is 3. The summed E-state index contributed by atoms with van der Waals surface area (Å²) in [5, 5.41) is 23.7. The van der Waals surface area contributed by atoms with Crippen molar-refractivity contribution in [3.05, 3.63) is 62.8 Å². The second kappa shape index (κ2) is 7.91. The second-order valence-corrected chi connectivity index (χ2v) is 8.73. The van der Waals surface area contributed by atoms with Gasteiger partial charge in [-0.05, 0) is 26.7 Å². The molecule has 2 amide bonds. The van der Waals surface area contributed by atoms with Crippen molar-refractivity contribution in [3.63, 3.8) is 0 Å². The normalized spacial score (nSPS) is 24.3. The van der Waals surface area contributed by atoms with Crippen LogP contribution in [-0.4, -0.2) is 49.7 Å². The molecule has 1 fully saturated rings. The maximum atomic E-state index is 13.9. The van der Waals surface area contributed by atoms with Crippen molar-refractivity contribution >= 4 is 11.8 Å². The van der Waals surface area contributed by atoms with Gasteiger partial charge in [0, 0.05) is 43.0 Å². The number of fused-ring (bicyclic) bond motifs is 4. The Morgan fingerprint density at radius 3 is 2.52 bits per heavy atom. The van der Waals surface area contributed by atoms with Crippen molar-refractivity contribution in [2.24, 2.45) is 0 Å². The second-order valence-electron chi connectivity index (χ2n) is 8.73. The third kappa shape index (κ3) is 3.75. The molecule has 0 unspecified atom stereocenters. The Hall–Kier alpha value is -3.34. The third-order valence-corrected chi connectivity index (χ3v) is 6.47. The van der Waals surface area contributed by atoms with Crippen LogP contribution in [0.25, 0.3) is 0 Å². The lowest BCUT2D eigenvalue weighted by Crippen LogP contribution is -2.51. The largest absolute Gasteiger partial charge is 0.503 e. The summed E-state index contributed by atoms with van der Waals surface area (Å²) < 4.78 is 42.0.